The zero-order valence-corrected chi connectivity index (χ0v) is 11.7. The van der Waals surface area contributed by atoms with Crippen LogP contribution in [0.15, 0.2) is 36.7 Å². The molecule has 19 heavy (non-hydrogen) atoms. The van der Waals surface area contributed by atoms with Gasteiger partial charge in [0.05, 0.1) is 12.4 Å². The van der Waals surface area contributed by atoms with E-state index in [0.29, 0.717) is 16.7 Å². The van der Waals surface area contributed by atoms with Crippen LogP contribution in [0, 0.1) is 5.82 Å². The van der Waals surface area contributed by atoms with Crippen LogP contribution in [0.5, 0.6) is 0 Å². The van der Waals surface area contributed by atoms with Crippen molar-refractivity contribution in [1.29, 1.82) is 0 Å². The molecule has 1 N–H and O–H groups in total. The summed E-state index contributed by atoms with van der Waals surface area (Å²) >= 11 is 7.38. The molecule has 1 aromatic heterocycles. The molecule has 0 aliphatic rings. The van der Waals surface area contributed by atoms with Crippen LogP contribution in [-0.4, -0.2) is 22.3 Å². The standard InChI is InChI=1S/C13H13ClFN3S/c14-12-7-16-8-13(18-12)17-5-6-19-9-10-3-1-2-4-11(10)15/h1-4,7-8H,5-6,9H2,(H,17,18). The lowest BCUT2D eigenvalue weighted by molar-refractivity contribution is 0.617. The first-order valence-electron chi connectivity index (χ1n) is 5.78. The molecule has 6 heteroatoms. The third-order valence-electron chi connectivity index (χ3n) is 2.37. The minimum atomic E-state index is -0.149. The number of benzene rings is 1. The van der Waals surface area contributed by atoms with Crippen molar-refractivity contribution in [2.24, 2.45) is 0 Å². The van der Waals surface area contributed by atoms with Gasteiger partial charge in [0, 0.05) is 18.1 Å². The van der Waals surface area contributed by atoms with Crippen molar-refractivity contribution in [3.05, 3.63) is 53.2 Å². The maximum Gasteiger partial charge on any atom is 0.149 e. The highest BCUT2D eigenvalue weighted by atomic mass is 35.5. The summed E-state index contributed by atoms with van der Waals surface area (Å²) in [4.78, 5) is 7.99. The first kappa shape index (κ1) is 14.1. The van der Waals surface area contributed by atoms with E-state index in [1.54, 1.807) is 30.1 Å². The van der Waals surface area contributed by atoms with Crippen molar-refractivity contribution in [3.63, 3.8) is 0 Å². The topological polar surface area (TPSA) is 37.8 Å². The molecule has 0 aliphatic carbocycles. The maximum atomic E-state index is 13.3. The molecule has 0 saturated heterocycles. The summed E-state index contributed by atoms with van der Waals surface area (Å²) in [5.74, 6) is 2.01. The van der Waals surface area contributed by atoms with E-state index in [-0.39, 0.29) is 5.82 Å². The molecular weight excluding hydrogens is 285 g/mol. The van der Waals surface area contributed by atoms with Crippen LogP contribution < -0.4 is 5.32 Å². The Bertz CT molecular complexity index is 539. The van der Waals surface area contributed by atoms with Gasteiger partial charge >= 0.3 is 0 Å². The Morgan fingerprint density at radius 3 is 2.89 bits per heavy atom. The van der Waals surface area contributed by atoms with E-state index in [0.717, 1.165) is 17.9 Å². The molecular formula is C13H13ClFN3S. The minimum absolute atomic E-state index is 0.149. The predicted octanol–water partition coefficient (Wildman–Crippen LogP) is 3.61. The average molecular weight is 298 g/mol. The van der Waals surface area contributed by atoms with E-state index in [1.807, 2.05) is 6.07 Å². The Kier molecular flexibility index (Phi) is 5.42. The van der Waals surface area contributed by atoms with E-state index in [1.165, 1.54) is 12.3 Å². The Labute approximate surface area is 120 Å². The largest absolute Gasteiger partial charge is 0.368 e. The number of nitrogens with zero attached hydrogens (tertiary/aromatic N) is 2. The highest BCUT2D eigenvalue weighted by Gasteiger charge is 2.00. The summed E-state index contributed by atoms with van der Waals surface area (Å²) in [5, 5.41) is 3.48. The van der Waals surface area contributed by atoms with Gasteiger partial charge in [0.15, 0.2) is 0 Å². The van der Waals surface area contributed by atoms with Crippen molar-refractivity contribution >= 4 is 29.2 Å². The van der Waals surface area contributed by atoms with E-state index in [9.17, 15) is 4.39 Å². The fourth-order valence-electron chi connectivity index (χ4n) is 1.48. The third kappa shape index (κ3) is 4.69. The molecule has 1 heterocycles. The number of halogens is 2. The summed E-state index contributed by atoms with van der Waals surface area (Å²) in [6.45, 7) is 0.730. The molecule has 0 bridgehead atoms. The van der Waals surface area contributed by atoms with Crippen LogP contribution in [0.4, 0.5) is 10.2 Å². The number of hydrogen-bond acceptors (Lipinski definition) is 4. The summed E-state index contributed by atoms with van der Waals surface area (Å²) in [6, 6.07) is 6.83. The molecule has 0 fully saturated rings. The van der Waals surface area contributed by atoms with Crippen molar-refractivity contribution in [2.75, 3.05) is 17.6 Å². The summed E-state index contributed by atoms with van der Waals surface area (Å²) in [6.07, 6.45) is 3.10. The van der Waals surface area contributed by atoms with Gasteiger partial charge in [-0.25, -0.2) is 9.37 Å². The molecule has 2 rings (SSSR count). The summed E-state index contributed by atoms with van der Waals surface area (Å²) < 4.78 is 13.3. The van der Waals surface area contributed by atoms with Gasteiger partial charge in [-0.05, 0) is 11.6 Å². The summed E-state index contributed by atoms with van der Waals surface area (Å²) in [7, 11) is 0. The molecule has 3 nitrogen and oxygen atoms in total. The molecule has 0 radical (unpaired) electrons. The second kappa shape index (κ2) is 7.31. The second-order valence-corrected chi connectivity index (χ2v) is 5.29. The monoisotopic (exact) mass is 297 g/mol. The quantitative estimate of drug-likeness (QED) is 0.827. The Morgan fingerprint density at radius 2 is 2.11 bits per heavy atom. The molecule has 100 valence electrons. The fraction of sp³-hybridized carbons (Fsp3) is 0.231. The zero-order valence-electron chi connectivity index (χ0n) is 10.1. The second-order valence-electron chi connectivity index (χ2n) is 3.80. The van der Waals surface area contributed by atoms with Crippen LogP contribution in [-0.2, 0) is 5.75 Å². The molecule has 0 spiro atoms. The normalized spacial score (nSPS) is 10.4. The van der Waals surface area contributed by atoms with Crippen LogP contribution >= 0.6 is 23.4 Å². The van der Waals surface area contributed by atoms with Crippen LogP contribution in [0.2, 0.25) is 5.15 Å². The molecule has 0 atom stereocenters. The molecule has 1 aromatic carbocycles. The third-order valence-corrected chi connectivity index (χ3v) is 3.56. The van der Waals surface area contributed by atoms with E-state index >= 15 is 0 Å². The van der Waals surface area contributed by atoms with Gasteiger partial charge in [-0.15, -0.1) is 0 Å². The lowest BCUT2D eigenvalue weighted by atomic mass is 10.2. The molecule has 0 unspecified atom stereocenters. The van der Waals surface area contributed by atoms with Crippen molar-refractivity contribution in [3.8, 4) is 0 Å². The number of anilines is 1. The molecule has 0 saturated carbocycles. The van der Waals surface area contributed by atoms with Gasteiger partial charge in [0.25, 0.3) is 0 Å². The number of rotatable bonds is 6. The average Bonchev–Trinajstić information content (AvgIpc) is 2.40. The highest BCUT2D eigenvalue weighted by molar-refractivity contribution is 7.98. The maximum absolute atomic E-state index is 13.3. The number of thioether (sulfide) groups is 1. The van der Waals surface area contributed by atoms with Gasteiger partial charge in [0.2, 0.25) is 0 Å². The highest BCUT2D eigenvalue weighted by Crippen LogP contribution is 2.15. The van der Waals surface area contributed by atoms with Crippen molar-refractivity contribution in [2.45, 2.75) is 5.75 Å². The van der Waals surface area contributed by atoms with Gasteiger partial charge < -0.3 is 5.32 Å². The van der Waals surface area contributed by atoms with E-state index in [4.69, 9.17) is 11.6 Å². The van der Waals surface area contributed by atoms with Crippen molar-refractivity contribution < 1.29 is 4.39 Å². The van der Waals surface area contributed by atoms with Crippen LogP contribution in [0.3, 0.4) is 0 Å². The fourth-order valence-corrected chi connectivity index (χ4v) is 2.47. The minimum Gasteiger partial charge on any atom is -0.368 e. The zero-order chi connectivity index (χ0) is 13.5. The van der Waals surface area contributed by atoms with Gasteiger partial charge in [-0.1, -0.05) is 29.8 Å². The van der Waals surface area contributed by atoms with Gasteiger partial charge in [0.1, 0.15) is 16.8 Å². The lowest BCUT2D eigenvalue weighted by Gasteiger charge is -2.05. The van der Waals surface area contributed by atoms with Crippen LogP contribution in [0.25, 0.3) is 0 Å². The molecule has 2 aromatic rings. The molecule has 0 amide bonds. The van der Waals surface area contributed by atoms with E-state index < -0.39 is 0 Å². The first-order valence-corrected chi connectivity index (χ1v) is 7.31. The van der Waals surface area contributed by atoms with E-state index in [2.05, 4.69) is 15.3 Å². The Balaban J connectivity index is 1.69. The Morgan fingerprint density at radius 1 is 1.26 bits per heavy atom. The molecule has 0 aliphatic heterocycles. The number of hydrogen-bond donors (Lipinski definition) is 1. The van der Waals surface area contributed by atoms with Gasteiger partial charge in [-0.3, -0.25) is 4.98 Å². The number of aromatic nitrogens is 2. The first-order chi connectivity index (χ1) is 9.25. The lowest BCUT2D eigenvalue weighted by Crippen LogP contribution is -2.06. The smallest absolute Gasteiger partial charge is 0.149 e. The predicted molar refractivity (Wildman–Crippen MR) is 78.1 cm³/mol. The van der Waals surface area contributed by atoms with Gasteiger partial charge in [-0.2, -0.15) is 11.8 Å². The summed E-state index contributed by atoms with van der Waals surface area (Å²) in [5.41, 5.74) is 0.732. The number of nitrogens with one attached hydrogen (secondary N) is 1. The SMILES string of the molecule is Fc1ccccc1CSCCNc1cncc(Cl)n1. The van der Waals surface area contributed by atoms with Crippen LogP contribution in [0.1, 0.15) is 5.56 Å². The Hall–Kier alpha value is -1.33. The van der Waals surface area contributed by atoms with Crippen molar-refractivity contribution in [1.82, 2.24) is 9.97 Å².